The molecule has 0 aliphatic carbocycles. The molecule has 0 bridgehead atoms. The first kappa shape index (κ1) is 21.1. The Hall–Kier alpha value is -2.57. The van der Waals surface area contributed by atoms with Gasteiger partial charge in [0.05, 0.1) is 5.56 Å². The molecule has 2 aromatic carbocycles. The Kier molecular flexibility index (Phi) is 7.49. The first-order valence-corrected chi connectivity index (χ1v) is 10.2. The smallest absolute Gasteiger partial charge is 0.255 e. The molecule has 29 heavy (non-hydrogen) atoms. The van der Waals surface area contributed by atoms with Gasteiger partial charge in [0.25, 0.3) is 11.8 Å². The average molecular weight is 416 g/mol. The van der Waals surface area contributed by atoms with Crippen molar-refractivity contribution in [2.24, 2.45) is 0 Å². The van der Waals surface area contributed by atoms with Gasteiger partial charge in [0.15, 0.2) is 0 Å². The van der Waals surface area contributed by atoms with Crippen LogP contribution in [0.5, 0.6) is 0 Å². The Labute approximate surface area is 176 Å². The van der Waals surface area contributed by atoms with Gasteiger partial charge >= 0.3 is 0 Å². The number of halogens is 1. The molecule has 1 fully saturated rings. The molecule has 0 unspecified atom stereocenters. The third-order valence-electron chi connectivity index (χ3n) is 4.84. The number of benzene rings is 2. The molecule has 1 aliphatic rings. The molecule has 0 saturated carbocycles. The molecule has 7 heteroatoms. The number of nitrogens with zero attached hydrogens (tertiary/aromatic N) is 1. The van der Waals surface area contributed by atoms with E-state index in [0.717, 1.165) is 38.0 Å². The second kappa shape index (κ2) is 10.3. The van der Waals surface area contributed by atoms with Gasteiger partial charge in [-0.3, -0.25) is 9.59 Å². The highest BCUT2D eigenvalue weighted by Crippen LogP contribution is 2.28. The SMILES string of the molecule is COCCCNC(=O)c1cc(NC(=O)c2cccc(Cl)c2)ccc1N1CCCC1. The molecule has 2 N–H and O–H groups in total. The van der Waals surface area contributed by atoms with Gasteiger partial charge < -0.3 is 20.3 Å². The van der Waals surface area contributed by atoms with Gasteiger partial charge in [-0.05, 0) is 55.7 Å². The van der Waals surface area contributed by atoms with Crippen LogP contribution in [0.2, 0.25) is 5.02 Å². The van der Waals surface area contributed by atoms with E-state index in [2.05, 4.69) is 15.5 Å². The summed E-state index contributed by atoms with van der Waals surface area (Å²) < 4.78 is 5.03. The lowest BCUT2D eigenvalue weighted by molar-refractivity contribution is 0.0947. The highest BCUT2D eigenvalue weighted by molar-refractivity contribution is 6.31. The molecule has 0 radical (unpaired) electrons. The van der Waals surface area contributed by atoms with Gasteiger partial charge in [-0.2, -0.15) is 0 Å². The molecule has 1 aliphatic heterocycles. The van der Waals surface area contributed by atoms with E-state index in [4.69, 9.17) is 16.3 Å². The predicted octanol–water partition coefficient (Wildman–Crippen LogP) is 3.96. The Bertz CT molecular complexity index is 866. The van der Waals surface area contributed by atoms with Crippen molar-refractivity contribution in [3.63, 3.8) is 0 Å². The molecule has 0 spiro atoms. The summed E-state index contributed by atoms with van der Waals surface area (Å²) in [6, 6.07) is 12.2. The first-order valence-electron chi connectivity index (χ1n) is 9.81. The zero-order chi connectivity index (χ0) is 20.6. The zero-order valence-electron chi connectivity index (χ0n) is 16.5. The molecule has 1 heterocycles. The Balaban J connectivity index is 1.79. The predicted molar refractivity (Wildman–Crippen MR) is 116 cm³/mol. The number of carbonyl (C=O) groups is 2. The van der Waals surface area contributed by atoms with E-state index in [-0.39, 0.29) is 11.8 Å². The maximum atomic E-state index is 12.8. The van der Waals surface area contributed by atoms with Crippen LogP contribution in [-0.2, 0) is 4.74 Å². The number of hydrogen-bond acceptors (Lipinski definition) is 4. The highest BCUT2D eigenvalue weighted by atomic mass is 35.5. The van der Waals surface area contributed by atoms with Gasteiger partial charge in [0.2, 0.25) is 0 Å². The van der Waals surface area contributed by atoms with Crippen LogP contribution in [0.3, 0.4) is 0 Å². The Morgan fingerprint density at radius 2 is 1.90 bits per heavy atom. The molecule has 2 aromatic rings. The number of nitrogens with one attached hydrogen (secondary N) is 2. The van der Waals surface area contributed by atoms with E-state index in [0.29, 0.717) is 35.0 Å². The van der Waals surface area contributed by atoms with Gasteiger partial charge in [0.1, 0.15) is 0 Å². The number of hydrogen-bond donors (Lipinski definition) is 2. The summed E-state index contributed by atoms with van der Waals surface area (Å²) in [5, 5.41) is 6.30. The standard InChI is InChI=1S/C22H26ClN3O3/c1-29-13-5-10-24-22(28)19-15-18(8-9-20(19)26-11-2-3-12-26)25-21(27)16-6-4-7-17(23)14-16/h4,6-9,14-15H,2-3,5,10-13H2,1H3,(H,24,28)(H,25,27). The number of methoxy groups -OCH3 is 1. The van der Waals surface area contributed by atoms with Crippen molar-refractivity contribution >= 4 is 34.8 Å². The lowest BCUT2D eigenvalue weighted by Gasteiger charge is -2.22. The Morgan fingerprint density at radius 1 is 1.10 bits per heavy atom. The number of amides is 2. The number of carbonyl (C=O) groups excluding carboxylic acids is 2. The van der Waals surface area contributed by atoms with Crippen LogP contribution in [0.1, 0.15) is 40.0 Å². The molecule has 6 nitrogen and oxygen atoms in total. The summed E-state index contributed by atoms with van der Waals surface area (Å²) in [5.74, 6) is -0.422. The number of rotatable bonds is 8. The van der Waals surface area contributed by atoms with Crippen molar-refractivity contribution in [3.8, 4) is 0 Å². The van der Waals surface area contributed by atoms with E-state index in [9.17, 15) is 9.59 Å². The minimum atomic E-state index is -0.270. The second-order valence-electron chi connectivity index (χ2n) is 6.99. The van der Waals surface area contributed by atoms with Crippen LogP contribution in [-0.4, -0.2) is 45.2 Å². The van der Waals surface area contributed by atoms with Gasteiger partial charge in [-0.15, -0.1) is 0 Å². The van der Waals surface area contributed by atoms with Gasteiger partial charge in [-0.1, -0.05) is 17.7 Å². The minimum Gasteiger partial charge on any atom is -0.385 e. The third-order valence-corrected chi connectivity index (χ3v) is 5.08. The van der Waals surface area contributed by atoms with Crippen molar-refractivity contribution in [1.29, 1.82) is 0 Å². The van der Waals surface area contributed by atoms with Crippen molar-refractivity contribution in [2.75, 3.05) is 43.6 Å². The van der Waals surface area contributed by atoms with Crippen molar-refractivity contribution in [3.05, 3.63) is 58.6 Å². The quantitative estimate of drug-likeness (QED) is 0.640. The molecular formula is C22H26ClN3O3. The van der Waals surface area contributed by atoms with Crippen LogP contribution in [0.15, 0.2) is 42.5 Å². The monoisotopic (exact) mass is 415 g/mol. The lowest BCUT2D eigenvalue weighted by Crippen LogP contribution is -2.29. The average Bonchev–Trinajstić information content (AvgIpc) is 3.25. The topological polar surface area (TPSA) is 70.7 Å². The fourth-order valence-electron chi connectivity index (χ4n) is 3.38. The normalized spacial score (nSPS) is 13.4. The van der Waals surface area contributed by atoms with E-state index >= 15 is 0 Å². The largest absolute Gasteiger partial charge is 0.385 e. The third kappa shape index (κ3) is 5.71. The minimum absolute atomic E-state index is 0.151. The summed E-state index contributed by atoms with van der Waals surface area (Å²) in [5.41, 5.74) is 2.49. The number of anilines is 2. The summed E-state index contributed by atoms with van der Waals surface area (Å²) in [6.07, 6.45) is 2.97. The highest BCUT2D eigenvalue weighted by Gasteiger charge is 2.20. The zero-order valence-corrected chi connectivity index (χ0v) is 17.3. The summed E-state index contributed by atoms with van der Waals surface area (Å²) in [4.78, 5) is 27.6. The summed E-state index contributed by atoms with van der Waals surface area (Å²) in [6.45, 7) is 2.98. The van der Waals surface area contributed by atoms with E-state index in [1.807, 2.05) is 12.1 Å². The molecule has 154 valence electrons. The van der Waals surface area contributed by atoms with Crippen molar-refractivity contribution < 1.29 is 14.3 Å². The molecule has 0 aromatic heterocycles. The van der Waals surface area contributed by atoms with Gasteiger partial charge in [-0.25, -0.2) is 0 Å². The van der Waals surface area contributed by atoms with Crippen LogP contribution >= 0.6 is 11.6 Å². The second-order valence-corrected chi connectivity index (χ2v) is 7.43. The number of ether oxygens (including phenoxy) is 1. The van der Waals surface area contributed by atoms with Crippen LogP contribution in [0.25, 0.3) is 0 Å². The molecule has 3 rings (SSSR count). The maximum absolute atomic E-state index is 12.8. The first-order chi connectivity index (χ1) is 14.1. The Morgan fingerprint density at radius 3 is 2.62 bits per heavy atom. The molecule has 0 atom stereocenters. The van der Waals surface area contributed by atoms with Crippen molar-refractivity contribution in [2.45, 2.75) is 19.3 Å². The van der Waals surface area contributed by atoms with E-state index < -0.39 is 0 Å². The molecule has 2 amide bonds. The van der Waals surface area contributed by atoms with E-state index in [1.54, 1.807) is 37.4 Å². The van der Waals surface area contributed by atoms with E-state index in [1.165, 1.54) is 0 Å². The summed E-state index contributed by atoms with van der Waals surface area (Å²) in [7, 11) is 1.64. The fourth-order valence-corrected chi connectivity index (χ4v) is 3.57. The molecule has 1 saturated heterocycles. The maximum Gasteiger partial charge on any atom is 0.255 e. The lowest BCUT2D eigenvalue weighted by atomic mass is 10.1. The molecular weight excluding hydrogens is 390 g/mol. The van der Waals surface area contributed by atoms with Crippen LogP contribution in [0, 0.1) is 0 Å². The summed E-state index contributed by atoms with van der Waals surface area (Å²) >= 11 is 5.98. The van der Waals surface area contributed by atoms with Crippen molar-refractivity contribution in [1.82, 2.24) is 5.32 Å². The van der Waals surface area contributed by atoms with Gasteiger partial charge in [0, 0.05) is 55.3 Å². The van der Waals surface area contributed by atoms with Crippen LogP contribution < -0.4 is 15.5 Å². The van der Waals surface area contributed by atoms with Crippen LogP contribution in [0.4, 0.5) is 11.4 Å². The fraction of sp³-hybridized carbons (Fsp3) is 0.364.